The Morgan fingerprint density at radius 2 is 2.23 bits per heavy atom. The van der Waals surface area contributed by atoms with E-state index in [4.69, 9.17) is 5.73 Å². The second-order valence-electron chi connectivity index (χ2n) is 3.31. The molecule has 0 radical (unpaired) electrons. The molecule has 1 unspecified atom stereocenters. The molecule has 1 saturated carbocycles. The first kappa shape index (κ1) is 10.4. The topological polar surface area (TPSA) is 52.3 Å². The van der Waals surface area contributed by atoms with Crippen LogP contribution in [-0.4, -0.2) is 26.0 Å². The number of halogens is 2. The number of alkyl halides is 2. The monoisotopic (exact) mass is 193 g/mol. The summed E-state index contributed by atoms with van der Waals surface area (Å²) in [5, 5.41) is 0. The van der Waals surface area contributed by atoms with Crippen LogP contribution >= 0.6 is 0 Å². The van der Waals surface area contributed by atoms with Crippen molar-refractivity contribution in [2.75, 3.05) is 13.7 Å². The average molecular weight is 193 g/mol. The lowest BCUT2D eigenvalue weighted by Gasteiger charge is -2.28. The minimum Gasteiger partial charge on any atom is -0.468 e. The Bertz CT molecular complexity index is 202. The first-order chi connectivity index (χ1) is 6.09. The third-order valence-electron chi connectivity index (χ3n) is 2.60. The SMILES string of the molecule is COC(=O)C(CN)(C(F)F)C1CC1. The summed E-state index contributed by atoms with van der Waals surface area (Å²) in [4.78, 5) is 11.2. The molecule has 0 spiro atoms. The van der Waals surface area contributed by atoms with E-state index >= 15 is 0 Å². The Labute approximate surface area is 75.2 Å². The quantitative estimate of drug-likeness (QED) is 0.671. The Morgan fingerprint density at radius 1 is 1.69 bits per heavy atom. The van der Waals surface area contributed by atoms with Gasteiger partial charge in [-0.2, -0.15) is 0 Å². The number of methoxy groups -OCH3 is 1. The van der Waals surface area contributed by atoms with Gasteiger partial charge in [-0.15, -0.1) is 0 Å². The summed E-state index contributed by atoms with van der Waals surface area (Å²) >= 11 is 0. The summed E-state index contributed by atoms with van der Waals surface area (Å²) < 4.78 is 29.8. The molecule has 76 valence electrons. The third kappa shape index (κ3) is 1.52. The summed E-state index contributed by atoms with van der Waals surface area (Å²) in [6.45, 7) is -0.345. The lowest BCUT2D eigenvalue weighted by Crippen LogP contribution is -2.47. The van der Waals surface area contributed by atoms with Crippen LogP contribution in [0.1, 0.15) is 12.8 Å². The van der Waals surface area contributed by atoms with Gasteiger partial charge < -0.3 is 10.5 Å². The van der Waals surface area contributed by atoms with E-state index in [1.807, 2.05) is 0 Å². The molecule has 1 rings (SSSR count). The molecule has 0 aromatic rings. The molecule has 0 bridgehead atoms. The van der Waals surface area contributed by atoms with Crippen LogP contribution in [-0.2, 0) is 9.53 Å². The van der Waals surface area contributed by atoms with E-state index in [1.54, 1.807) is 0 Å². The Kier molecular flexibility index (Phi) is 2.85. The van der Waals surface area contributed by atoms with Crippen LogP contribution in [0.2, 0.25) is 0 Å². The van der Waals surface area contributed by atoms with Gasteiger partial charge in [-0.3, -0.25) is 4.79 Å². The summed E-state index contributed by atoms with van der Waals surface area (Å²) in [6.07, 6.45) is -1.47. The molecule has 0 aromatic carbocycles. The summed E-state index contributed by atoms with van der Waals surface area (Å²) in [5.74, 6) is -1.18. The Morgan fingerprint density at radius 3 is 2.46 bits per heavy atom. The zero-order chi connectivity index (χ0) is 10.1. The lowest BCUT2D eigenvalue weighted by atomic mass is 9.83. The average Bonchev–Trinajstić information content (AvgIpc) is 2.89. The minimum absolute atomic E-state index is 0.301. The van der Waals surface area contributed by atoms with E-state index in [2.05, 4.69) is 4.74 Å². The van der Waals surface area contributed by atoms with Crippen LogP contribution in [0.3, 0.4) is 0 Å². The smallest absolute Gasteiger partial charge is 0.319 e. The molecule has 0 aromatic heterocycles. The predicted octanol–water partition coefficient (Wildman–Crippen LogP) is 0.780. The number of ether oxygens (including phenoxy) is 1. The van der Waals surface area contributed by atoms with Crippen molar-refractivity contribution >= 4 is 5.97 Å². The van der Waals surface area contributed by atoms with Crippen LogP contribution in [0.15, 0.2) is 0 Å². The number of esters is 1. The van der Waals surface area contributed by atoms with Crippen LogP contribution in [0.25, 0.3) is 0 Å². The number of nitrogens with two attached hydrogens (primary N) is 1. The van der Waals surface area contributed by atoms with Gasteiger partial charge in [0.1, 0.15) is 5.41 Å². The number of carbonyl (C=O) groups is 1. The van der Waals surface area contributed by atoms with Crippen molar-refractivity contribution in [3.8, 4) is 0 Å². The first-order valence-corrected chi connectivity index (χ1v) is 4.16. The molecule has 5 heteroatoms. The fourth-order valence-electron chi connectivity index (χ4n) is 1.56. The van der Waals surface area contributed by atoms with Gasteiger partial charge >= 0.3 is 5.97 Å². The maximum absolute atomic E-state index is 12.7. The highest BCUT2D eigenvalue weighted by Gasteiger charge is 2.57. The second kappa shape index (κ2) is 3.57. The molecule has 0 aliphatic heterocycles. The van der Waals surface area contributed by atoms with Crippen molar-refractivity contribution in [1.29, 1.82) is 0 Å². The third-order valence-corrected chi connectivity index (χ3v) is 2.60. The molecule has 2 N–H and O–H groups in total. The molecule has 1 aliphatic rings. The van der Waals surface area contributed by atoms with E-state index in [-0.39, 0.29) is 12.5 Å². The van der Waals surface area contributed by atoms with Gasteiger partial charge in [0.25, 0.3) is 6.43 Å². The lowest BCUT2D eigenvalue weighted by molar-refractivity contribution is -0.164. The number of hydrogen-bond acceptors (Lipinski definition) is 3. The van der Waals surface area contributed by atoms with Gasteiger partial charge in [0.15, 0.2) is 0 Å². The highest BCUT2D eigenvalue weighted by atomic mass is 19.3. The zero-order valence-corrected chi connectivity index (χ0v) is 7.43. The summed E-state index contributed by atoms with van der Waals surface area (Å²) in [7, 11) is 1.11. The highest BCUT2D eigenvalue weighted by molar-refractivity contribution is 5.78. The van der Waals surface area contributed by atoms with Crippen molar-refractivity contribution < 1.29 is 18.3 Å². The van der Waals surface area contributed by atoms with Crippen LogP contribution < -0.4 is 5.73 Å². The summed E-state index contributed by atoms with van der Waals surface area (Å²) in [6, 6.07) is 0. The summed E-state index contributed by atoms with van der Waals surface area (Å²) in [5.41, 5.74) is 3.49. The fourth-order valence-corrected chi connectivity index (χ4v) is 1.56. The van der Waals surface area contributed by atoms with Gasteiger partial charge in [0, 0.05) is 6.54 Å². The second-order valence-corrected chi connectivity index (χ2v) is 3.31. The zero-order valence-electron chi connectivity index (χ0n) is 7.43. The van der Waals surface area contributed by atoms with Crippen molar-refractivity contribution in [3.05, 3.63) is 0 Å². The standard InChI is InChI=1S/C8H13F2NO2/c1-13-7(12)8(4-11,6(9)10)5-2-3-5/h5-6H,2-4,11H2,1H3. The maximum Gasteiger partial charge on any atom is 0.319 e. The van der Waals surface area contributed by atoms with Crippen LogP contribution in [0.4, 0.5) is 8.78 Å². The Hall–Kier alpha value is -0.710. The Balaban J connectivity index is 2.88. The molecule has 0 amide bonds. The predicted molar refractivity (Wildman–Crippen MR) is 42.2 cm³/mol. The molecular formula is C8H13F2NO2. The molecule has 0 saturated heterocycles. The normalized spacial score (nSPS) is 21.3. The molecule has 0 heterocycles. The van der Waals surface area contributed by atoms with Gasteiger partial charge in [0.2, 0.25) is 0 Å². The van der Waals surface area contributed by atoms with Crippen LogP contribution in [0, 0.1) is 11.3 Å². The number of rotatable bonds is 4. The molecule has 1 aliphatic carbocycles. The van der Waals surface area contributed by atoms with Crippen molar-refractivity contribution in [1.82, 2.24) is 0 Å². The van der Waals surface area contributed by atoms with E-state index in [0.717, 1.165) is 7.11 Å². The fraction of sp³-hybridized carbons (Fsp3) is 0.875. The van der Waals surface area contributed by atoms with Crippen molar-refractivity contribution in [3.63, 3.8) is 0 Å². The van der Waals surface area contributed by atoms with Gasteiger partial charge in [-0.1, -0.05) is 0 Å². The number of carbonyl (C=O) groups excluding carboxylic acids is 1. The van der Waals surface area contributed by atoms with E-state index in [9.17, 15) is 13.6 Å². The first-order valence-electron chi connectivity index (χ1n) is 4.16. The van der Waals surface area contributed by atoms with Crippen molar-refractivity contribution in [2.45, 2.75) is 19.3 Å². The van der Waals surface area contributed by atoms with Gasteiger partial charge in [-0.05, 0) is 18.8 Å². The van der Waals surface area contributed by atoms with Crippen molar-refractivity contribution in [2.24, 2.45) is 17.1 Å². The van der Waals surface area contributed by atoms with E-state index in [1.165, 1.54) is 0 Å². The maximum atomic E-state index is 12.7. The van der Waals surface area contributed by atoms with E-state index in [0.29, 0.717) is 12.8 Å². The molecule has 13 heavy (non-hydrogen) atoms. The van der Waals surface area contributed by atoms with E-state index < -0.39 is 17.8 Å². The molecular weight excluding hydrogens is 180 g/mol. The minimum atomic E-state index is -2.74. The van der Waals surface area contributed by atoms with Crippen LogP contribution in [0.5, 0.6) is 0 Å². The molecule has 1 fully saturated rings. The van der Waals surface area contributed by atoms with Gasteiger partial charge in [0.05, 0.1) is 7.11 Å². The molecule has 1 atom stereocenters. The largest absolute Gasteiger partial charge is 0.468 e. The highest BCUT2D eigenvalue weighted by Crippen LogP contribution is 2.49. The molecule has 3 nitrogen and oxygen atoms in total. The van der Waals surface area contributed by atoms with Gasteiger partial charge in [-0.25, -0.2) is 8.78 Å². The number of hydrogen-bond donors (Lipinski definition) is 1.